The number of benzene rings is 2. The Morgan fingerprint density at radius 3 is 2.60 bits per heavy atom. The second-order valence-electron chi connectivity index (χ2n) is 4.98. The molecule has 20 heavy (non-hydrogen) atoms. The van der Waals surface area contributed by atoms with Gasteiger partial charge in [-0.3, -0.25) is 0 Å². The van der Waals surface area contributed by atoms with Gasteiger partial charge in [-0.2, -0.15) is 0 Å². The number of halogens is 1. The minimum Gasteiger partial charge on any atom is -0.383 e. The molecule has 2 nitrogen and oxygen atoms in total. The molecule has 0 bridgehead atoms. The van der Waals surface area contributed by atoms with Crippen LogP contribution in [0.2, 0.25) is 5.02 Å². The van der Waals surface area contributed by atoms with Gasteiger partial charge in [0.25, 0.3) is 0 Å². The molecule has 1 aromatic heterocycles. The molecule has 0 atom stereocenters. The molecule has 0 amide bonds. The van der Waals surface area contributed by atoms with Gasteiger partial charge in [0.05, 0.1) is 5.02 Å². The Morgan fingerprint density at radius 2 is 1.80 bits per heavy atom. The Labute approximate surface area is 124 Å². The highest BCUT2D eigenvalue weighted by atomic mass is 35.5. The molecule has 3 aromatic rings. The van der Waals surface area contributed by atoms with Crippen molar-refractivity contribution in [1.29, 1.82) is 0 Å². The first-order chi connectivity index (χ1) is 9.74. The van der Waals surface area contributed by atoms with Gasteiger partial charge in [0.2, 0.25) is 0 Å². The van der Waals surface area contributed by atoms with E-state index in [0.29, 0.717) is 0 Å². The zero-order valence-corrected chi connectivity index (χ0v) is 12.2. The van der Waals surface area contributed by atoms with Gasteiger partial charge in [-0.25, -0.2) is 0 Å². The fourth-order valence-electron chi connectivity index (χ4n) is 2.38. The first-order valence-corrected chi connectivity index (χ1v) is 7.16. The van der Waals surface area contributed by atoms with Crippen LogP contribution in [-0.4, -0.2) is 11.1 Å². The molecule has 0 fully saturated rings. The maximum absolute atomic E-state index is 6.25. The average molecular weight is 285 g/mol. The number of hydrogen-bond acceptors (Lipinski definition) is 1. The fraction of sp³-hybridized carbons (Fsp3) is 0.176. The van der Waals surface area contributed by atoms with Crippen LogP contribution in [0.1, 0.15) is 5.56 Å². The van der Waals surface area contributed by atoms with Crippen LogP contribution in [0.4, 0.5) is 5.69 Å². The van der Waals surface area contributed by atoms with Gasteiger partial charge in [-0.1, -0.05) is 47.5 Å². The van der Waals surface area contributed by atoms with Gasteiger partial charge in [0, 0.05) is 35.9 Å². The standard InChI is InChI=1S/C17H17ClN2/c1-13-6-8-14(9-7-13)19-10-11-20-12-16(18)15-4-2-3-5-17(15)20/h2-9,12,19H,10-11H2,1H3. The summed E-state index contributed by atoms with van der Waals surface area (Å²) in [6.07, 6.45) is 2.00. The van der Waals surface area contributed by atoms with E-state index in [4.69, 9.17) is 11.6 Å². The van der Waals surface area contributed by atoms with E-state index in [2.05, 4.69) is 53.2 Å². The van der Waals surface area contributed by atoms with Crippen LogP contribution in [-0.2, 0) is 6.54 Å². The summed E-state index contributed by atoms with van der Waals surface area (Å²) >= 11 is 6.25. The van der Waals surface area contributed by atoms with E-state index in [1.165, 1.54) is 11.1 Å². The van der Waals surface area contributed by atoms with Crippen molar-refractivity contribution < 1.29 is 0 Å². The summed E-state index contributed by atoms with van der Waals surface area (Å²) in [5.74, 6) is 0. The summed E-state index contributed by atoms with van der Waals surface area (Å²) in [6, 6.07) is 16.7. The van der Waals surface area contributed by atoms with Crippen LogP contribution in [0.15, 0.2) is 54.7 Å². The predicted octanol–water partition coefficient (Wildman–Crippen LogP) is 4.72. The first-order valence-electron chi connectivity index (χ1n) is 6.78. The Hall–Kier alpha value is -1.93. The summed E-state index contributed by atoms with van der Waals surface area (Å²) in [4.78, 5) is 0. The Kier molecular flexibility index (Phi) is 3.66. The number of fused-ring (bicyclic) bond motifs is 1. The topological polar surface area (TPSA) is 17.0 Å². The molecule has 0 unspecified atom stereocenters. The van der Waals surface area contributed by atoms with E-state index in [1.807, 2.05) is 18.3 Å². The van der Waals surface area contributed by atoms with Gasteiger partial charge in [-0.05, 0) is 25.1 Å². The molecule has 1 N–H and O–H groups in total. The lowest BCUT2D eigenvalue weighted by Crippen LogP contribution is -2.09. The van der Waals surface area contributed by atoms with E-state index in [0.717, 1.165) is 29.2 Å². The third-order valence-corrected chi connectivity index (χ3v) is 3.77. The van der Waals surface area contributed by atoms with Gasteiger partial charge in [0.1, 0.15) is 0 Å². The lowest BCUT2D eigenvalue weighted by molar-refractivity contribution is 0.757. The number of anilines is 1. The SMILES string of the molecule is Cc1ccc(NCCn2cc(Cl)c3ccccc32)cc1. The molecule has 3 rings (SSSR count). The molecule has 3 heteroatoms. The van der Waals surface area contributed by atoms with E-state index >= 15 is 0 Å². The largest absolute Gasteiger partial charge is 0.383 e. The van der Waals surface area contributed by atoms with Gasteiger partial charge < -0.3 is 9.88 Å². The highest BCUT2D eigenvalue weighted by Crippen LogP contribution is 2.25. The van der Waals surface area contributed by atoms with Crippen molar-refractivity contribution in [3.63, 3.8) is 0 Å². The minimum absolute atomic E-state index is 0.816. The fourth-order valence-corrected chi connectivity index (χ4v) is 2.66. The summed E-state index contributed by atoms with van der Waals surface area (Å²) in [6.45, 7) is 3.86. The van der Waals surface area contributed by atoms with Crippen LogP contribution in [0, 0.1) is 6.92 Å². The molecule has 0 aliphatic carbocycles. The van der Waals surface area contributed by atoms with Crippen LogP contribution >= 0.6 is 11.6 Å². The number of nitrogens with zero attached hydrogens (tertiary/aromatic N) is 1. The molecule has 0 radical (unpaired) electrons. The number of nitrogens with one attached hydrogen (secondary N) is 1. The van der Waals surface area contributed by atoms with Crippen molar-refractivity contribution in [3.05, 3.63) is 65.3 Å². The van der Waals surface area contributed by atoms with Crippen molar-refractivity contribution in [1.82, 2.24) is 4.57 Å². The number of hydrogen-bond donors (Lipinski definition) is 1. The molecule has 2 aromatic carbocycles. The number of aryl methyl sites for hydroxylation is 1. The second-order valence-corrected chi connectivity index (χ2v) is 5.39. The van der Waals surface area contributed by atoms with E-state index in [9.17, 15) is 0 Å². The summed E-state index contributed by atoms with van der Waals surface area (Å²) < 4.78 is 2.19. The molecule has 0 saturated carbocycles. The highest BCUT2D eigenvalue weighted by Gasteiger charge is 2.05. The minimum atomic E-state index is 0.816. The molecule has 0 saturated heterocycles. The predicted molar refractivity (Wildman–Crippen MR) is 86.6 cm³/mol. The second kappa shape index (κ2) is 5.59. The Bertz CT molecular complexity index is 713. The Balaban J connectivity index is 1.70. The molecule has 102 valence electrons. The number of rotatable bonds is 4. The first kappa shape index (κ1) is 13.1. The third-order valence-electron chi connectivity index (χ3n) is 3.47. The third kappa shape index (κ3) is 2.66. The van der Waals surface area contributed by atoms with Crippen molar-refractivity contribution in [2.75, 3.05) is 11.9 Å². The van der Waals surface area contributed by atoms with Crippen LogP contribution < -0.4 is 5.32 Å². The normalized spacial score (nSPS) is 10.9. The van der Waals surface area contributed by atoms with E-state index in [-0.39, 0.29) is 0 Å². The van der Waals surface area contributed by atoms with E-state index in [1.54, 1.807) is 0 Å². The molecule has 1 heterocycles. The van der Waals surface area contributed by atoms with Crippen molar-refractivity contribution >= 4 is 28.2 Å². The summed E-state index contributed by atoms with van der Waals surface area (Å²) in [7, 11) is 0. The quantitative estimate of drug-likeness (QED) is 0.734. The smallest absolute Gasteiger partial charge is 0.0661 e. The van der Waals surface area contributed by atoms with Crippen LogP contribution in [0.3, 0.4) is 0 Å². The zero-order valence-electron chi connectivity index (χ0n) is 11.4. The van der Waals surface area contributed by atoms with Crippen molar-refractivity contribution in [2.24, 2.45) is 0 Å². The lowest BCUT2D eigenvalue weighted by Gasteiger charge is -2.08. The maximum Gasteiger partial charge on any atom is 0.0661 e. The average Bonchev–Trinajstić information content (AvgIpc) is 2.79. The van der Waals surface area contributed by atoms with Crippen LogP contribution in [0.5, 0.6) is 0 Å². The molecule has 0 spiro atoms. The lowest BCUT2D eigenvalue weighted by atomic mass is 10.2. The molecule has 0 aliphatic rings. The van der Waals surface area contributed by atoms with Gasteiger partial charge in [0.15, 0.2) is 0 Å². The van der Waals surface area contributed by atoms with Crippen molar-refractivity contribution in [2.45, 2.75) is 13.5 Å². The molecule has 0 aliphatic heterocycles. The van der Waals surface area contributed by atoms with Crippen molar-refractivity contribution in [3.8, 4) is 0 Å². The zero-order chi connectivity index (χ0) is 13.9. The Morgan fingerprint density at radius 1 is 1.05 bits per heavy atom. The number of para-hydroxylation sites is 1. The molecular weight excluding hydrogens is 268 g/mol. The maximum atomic E-state index is 6.25. The van der Waals surface area contributed by atoms with Gasteiger partial charge >= 0.3 is 0 Å². The van der Waals surface area contributed by atoms with Gasteiger partial charge in [-0.15, -0.1) is 0 Å². The molecular formula is C17H17ClN2. The highest BCUT2D eigenvalue weighted by molar-refractivity contribution is 6.35. The monoisotopic (exact) mass is 284 g/mol. The van der Waals surface area contributed by atoms with E-state index < -0.39 is 0 Å². The van der Waals surface area contributed by atoms with Crippen LogP contribution in [0.25, 0.3) is 10.9 Å². The summed E-state index contributed by atoms with van der Waals surface area (Å²) in [5.41, 5.74) is 3.61. The number of aromatic nitrogens is 1. The summed E-state index contributed by atoms with van der Waals surface area (Å²) in [5, 5.41) is 5.36.